The Kier molecular flexibility index (Phi) is 5.16. The van der Waals surface area contributed by atoms with Crippen molar-refractivity contribution in [1.29, 1.82) is 0 Å². The molecule has 3 heteroatoms. The van der Waals surface area contributed by atoms with Gasteiger partial charge in [0.15, 0.2) is 0 Å². The molecule has 1 aliphatic rings. The van der Waals surface area contributed by atoms with E-state index < -0.39 is 0 Å². The van der Waals surface area contributed by atoms with Gasteiger partial charge in [0.1, 0.15) is 11.6 Å². The standard InChI is InChI=1S/C20H25FN2/c1-2-16-12-14-23(15-13-16)20-11-10-19(22-20)5-3-4-17-6-8-18(21)9-7-17/h3,5-11,16,22H,2,4,12-15H2,1H3/b5-3+. The van der Waals surface area contributed by atoms with Crippen LogP contribution in [0.2, 0.25) is 0 Å². The van der Waals surface area contributed by atoms with E-state index in [4.69, 9.17) is 0 Å². The van der Waals surface area contributed by atoms with Crippen LogP contribution < -0.4 is 4.90 Å². The molecule has 2 heterocycles. The third kappa shape index (κ3) is 4.25. The highest BCUT2D eigenvalue weighted by Gasteiger charge is 2.18. The summed E-state index contributed by atoms with van der Waals surface area (Å²) in [5.74, 6) is 1.94. The number of allylic oxidation sites excluding steroid dienone is 1. The first-order valence-corrected chi connectivity index (χ1v) is 8.59. The number of nitrogens with zero attached hydrogens (tertiary/aromatic N) is 1. The monoisotopic (exact) mass is 312 g/mol. The second-order valence-corrected chi connectivity index (χ2v) is 6.37. The van der Waals surface area contributed by atoms with Crippen LogP contribution in [0.3, 0.4) is 0 Å². The third-order valence-electron chi connectivity index (χ3n) is 4.79. The summed E-state index contributed by atoms with van der Waals surface area (Å²) in [6.45, 7) is 4.59. The van der Waals surface area contributed by atoms with Crippen molar-refractivity contribution in [2.75, 3.05) is 18.0 Å². The number of benzene rings is 1. The molecule has 0 saturated carbocycles. The van der Waals surface area contributed by atoms with E-state index in [1.54, 1.807) is 0 Å². The molecule has 3 rings (SSSR count). The Hall–Kier alpha value is -2.03. The van der Waals surface area contributed by atoms with Gasteiger partial charge in [0.05, 0.1) is 0 Å². The van der Waals surface area contributed by atoms with Crippen LogP contribution in [0.4, 0.5) is 10.2 Å². The van der Waals surface area contributed by atoms with E-state index in [-0.39, 0.29) is 5.82 Å². The van der Waals surface area contributed by atoms with Crippen LogP contribution >= 0.6 is 0 Å². The summed E-state index contributed by atoms with van der Waals surface area (Å²) < 4.78 is 12.9. The van der Waals surface area contributed by atoms with Crippen LogP contribution in [0.25, 0.3) is 6.08 Å². The number of rotatable bonds is 5. The number of aromatic nitrogens is 1. The smallest absolute Gasteiger partial charge is 0.123 e. The number of nitrogens with one attached hydrogen (secondary N) is 1. The molecule has 1 aromatic heterocycles. The summed E-state index contributed by atoms with van der Waals surface area (Å²) in [5.41, 5.74) is 2.25. The highest BCUT2D eigenvalue weighted by Crippen LogP contribution is 2.24. The second kappa shape index (κ2) is 7.49. The minimum Gasteiger partial charge on any atom is -0.358 e. The van der Waals surface area contributed by atoms with Gasteiger partial charge in [-0.05, 0) is 61.1 Å². The van der Waals surface area contributed by atoms with E-state index in [0.29, 0.717) is 0 Å². The van der Waals surface area contributed by atoms with Gasteiger partial charge in [0, 0.05) is 18.8 Å². The normalized spacial score (nSPS) is 16.3. The Morgan fingerprint density at radius 3 is 2.57 bits per heavy atom. The van der Waals surface area contributed by atoms with Gasteiger partial charge in [-0.1, -0.05) is 31.6 Å². The average molecular weight is 312 g/mol. The van der Waals surface area contributed by atoms with Gasteiger partial charge >= 0.3 is 0 Å². The summed E-state index contributed by atoms with van der Waals surface area (Å²) in [7, 11) is 0. The molecule has 1 aromatic carbocycles. The lowest BCUT2D eigenvalue weighted by Gasteiger charge is -2.32. The maximum atomic E-state index is 12.9. The molecule has 2 aromatic rings. The zero-order valence-corrected chi connectivity index (χ0v) is 13.8. The van der Waals surface area contributed by atoms with Crippen LogP contribution in [-0.2, 0) is 6.42 Å². The van der Waals surface area contributed by atoms with Crippen molar-refractivity contribution in [3.63, 3.8) is 0 Å². The lowest BCUT2D eigenvalue weighted by atomic mass is 9.94. The summed E-state index contributed by atoms with van der Waals surface area (Å²) in [4.78, 5) is 5.94. The summed E-state index contributed by atoms with van der Waals surface area (Å²) in [6, 6.07) is 11.0. The fraction of sp³-hybridized carbons (Fsp3) is 0.400. The molecule has 1 aliphatic heterocycles. The van der Waals surface area contributed by atoms with Gasteiger partial charge in [-0.3, -0.25) is 0 Å². The molecule has 0 radical (unpaired) electrons. The molecule has 2 nitrogen and oxygen atoms in total. The van der Waals surface area contributed by atoms with Gasteiger partial charge in [-0.2, -0.15) is 0 Å². The van der Waals surface area contributed by atoms with Crippen molar-refractivity contribution in [3.05, 3.63) is 59.5 Å². The second-order valence-electron chi connectivity index (χ2n) is 6.37. The summed E-state index contributed by atoms with van der Waals surface area (Å²) >= 11 is 0. The van der Waals surface area contributed by atoms with Crippen LogP contribution in [0.1, 0.15) is 37.4 Å². The van der Waals surface area contributed by atoms with Gasteiger partial charge in [0.25, 0.3) is 0 Å². The molecule has 23 heavy (non-hydrogen) atoms. The lowest BCUT2D eigenvalue weighted by molar-refractivity contribution is 0.394. The van der Waals surface area contributed by atoms with E-state index in [0.717, 1.165) is 36.7 Å². The Labute approximate surface area is 138 Å². The molecule has 0 aliphatic carbocycles. The fourth-order valence-electron chi connectivity index (χ4n) is 3.21. The highest BCUT2D eigenvalue weighted by atomic mass is 19.1. The predicted molar refractivity (Wildman–Crippen MR) is 95.2 cm³/mol. The number of hydrogen-bond acceptors (Lipinski definition) is 1. The lowest BCUT2D eigenvalue weighted by Crippen LogP contribution is -2.33. The zero-order chi connectivity index (χ0) is 16.1. The van der Waals surface area contributed by atoms with Crippen molar-refractivity contribution in [1.82, 2.24) is 4.98 Å². The fourth-order valence-corrected chi connectivity index (χ4v) is 3.21. The molecule has 0 bridgehead atoms. The van der Waals surface area contributed by atoms with Crippen LogP contribution in [0.5, 0.6) is 0 Å². The number of piperidine rings is 1. The largest absolute Gasteiger partial charge is 0.358 e. The first kappa shape index (κ1) is 15.9. The molecular formula is C20H25FN2. The average Bonchev–Trinajstić information content (AvgIpc) is 3.06. The van der Waals surface area contributed by atoms with E-state index in [2.05, 4.69) is 41.1 Å². The van der Waals surface area contributed by atoms with Crippen LogP contribution in [-0.4, -0.2) is 18.1 Å². The Morgan fingerprint density at radius 1 is 1.13 bits per heavy atom. The van der Waals surface area contributed by atoms with Gasteiger partial charge in [0.2, 0.25) is 0 Å². The zero-order valence-electron chi connectivity index (χ0n) is 13.8. The Morgan fingerprint density at radius 2 is 1.87 bits per heavy atom. The number of hydrogen-bond donors (Lipinski definition) is 1. The van der Waals surface area contributed by atoms with E-state index >= 15 is 0 Å². The SMILES string of the molecule is CCC1CCN(c2ccc(/C=C/Cc3ccc(F)cc3)[nH]2)CC1. The number of aromatic amines is 1. The maximum absolute atomic E-state index is 12.9. The molecule has 0 amide bonds. The van der Waals surface area contributed by atoms with Crippen LogP contribution in [0, 0.1) is 11.7 Å². The minimum atomic E-state index is -0.182. The van der Waals surface area contributed by atoms with Crippen molar-refractivity contribution >= 4 is 11.9 Å². The molecule has 0 unspecified atom stereocenters. The number of halogens is 1. The maximum Gasteiger partial charge on any atom is 0.123 e. The highest BCUT2D eigenvalue weighted by molar-refractivity contribution is 5.53. The van der Waals surface area contributed by atoms with E-state index in [9.17, 15) is 4.39 Å². The van der Waals surface area contributed by atoms with Crippen molar-refractivity contribution < 1.29 is 4.39 Å². The Bertz CT molecular complexity index is 634. The van der Waals surface area contributed by atoms with Crippen LogP contribution in [0.15, 0.2) is 42.5 Å². The first-order valence-electron chi connectivity index (χ1n) is 8.59. The van der Waals surface area contributed by atoms with E-state index in [1.807, 2.05) is 12.1 Å². The third-order valence-corrected chi connectivity index (χ3v) is 4.79. The minimum absolute atomic E-state index is 0.182. The summed E-state index contributed by atoms with van der Waals surface area (Å²) in [6.07, 6.45) is 8.93. The first-order chi connectivity index (χ1) is 11.2. The van der Waals surface area contributed by atoms with Crippen molar-refractivity contribution in [2.24, 2.45) is 5.92 Å². The van der Waals surface area contributed by atoms with Crippen molar-refractivity contribution in [2.45, 2.75) is 32.6 Å². The van der Waals surface area contributed by atoms with Crippen molar-refractivity contribution in [3.8, 4) is 0 Å². The summed E-state index contributed by atoms with van der Waals surface area (Å²) in [5, 5.41) is 0. The molecule has 1 fully saturated rings. The number of H-pyrrole nitrogens is 1. The van der Waals surface area contributed by atoms with Gasteiger partial charge < -0.3 is 9.88 Å². The molecule has 1 N–H and O–H groups in total. The quantitative estimate of drug-likeness (QED) is 0.820. The van der Waals surface area contributed by atoms with E-state index in [1.165, 1.54) is 37.2 Å². The predicted octanol–water partition coefficient (Wildman–Crippen LogP) is 5.04. The molecule has 122 valence electrons. The van der Waals surface area contributed by atoms with Gasteiger partial charge in [-0.25, -0.2) is 4.39 Å². The molecule has 0 atom stereocenters. The Balaban J connectivity index is 1.55. The molecular weight excluding hydrogens is 287 g/mol. The van der Waals surface area contributed by atoms with Gasteiger partial charge in [-0.15, -0.1) is 0 Å². The molecule has 0 spiro atoms. The number of anilines is 1. The molecule has 1 saturated heterocycles. The topological polar surface area (TPSA) is 19.0 Å².